The molecule has 0 saturated carbocycles. The van der Waals surface area contributed by atoms with Gasteiger partial charge in [0.25, 0.3) is 5.91 Å². The van der Waals surface area contributed by atoms with E-state index >= 15 is 0 Å². The highest BCUT2D eigenvalue weighted by molar-refractivity contribution is 7.19. The van der Waals surface area contributed by atoms with Gasteiger partial charge in [0.15, 0.2) is 5.75 Å². The molecule has 1 aromatic heterocycles. The minimum atomic E-state index is -0.168. The number of rotatable bonds is 7. The molecule has 120 valence electrons. The van der Waals surface area contributed by atoms with Crippen LogP contribution in [0, 0.1) is 0 Å². The number of thiophene rings is 1. The summed E-state index contributed by atoms with van der Waals surface area (Å²) in [6, 6.07) is 0. The van der Waals surface area contributed by atoms with Crippen molar-refractivity contribution in [1.29, 1.82) is 0 Å². The molecule has 1 aromatic rings. The van der Waals surface area contributed by atoms with Crippen LogP contribution < -0.4 is 21.1 Å². The lowest BCUT2D eigenvalue weighted by molar-refractivity contribution is 0.0960. The molecule has 0 fully saturated rings. The number of nitrogens with zero attached hydrogens (tertiary/aromatic N) is 1. The highest BCUT2D eigenvalue weighted by Gasteiger charge is 2.25. The maximum Gasteiger partial charge on any atom is 0.263 e. The Balaban J connectivity index is 2.97. The molecular weight excluding hydrogens is 288 g/mol. The van der Waals surface area contributed by atoms with Crippen molar-refractivity contribution in [2.75, 3.05) is 45.3 Å². The lowest BCUT2D eigenvalue weighted by Gasteiger charge is -2.32. The number of likely N-dealkylation sites (N-methyl/N-ethyl adjacent to an activating group) is 1. The van der Waals surface area contributed by atoms with Gasteiger partial charge >= 0.3 is 0 Å². The predicted octanol–water partition coefficient (Wildman–Crippen LogP) is 1.84. The van der Waals surface area contributed by atoms with Crippen molar-refractivity contribution in [2.45, 2.75) is 26.3 Å². The molecule has 0 aromatic carbocycles. The summed E-state index contributed by atoms with van der Waals surface area (Å²) in [4.78, 5) is 14.6. The smallest absolute Gasteiger partial charge is 0.263 e. The molecule has 0 aliphatic rings. The molecule has 0 unspecified atom stereocenters. The second kappa shape index (κ2) is 7.00. The second-order valence-corrected chi connectivity index (χ2v) is 6.65. The van der Waals surface area contributed by atoms with Gasteiger partial charge in [0.1, 0.15) is 15.6 Å². The fraction of sp³-hybridized carbons (Fsp3) is 0.643. The van der Waals surface area contributed by atoms with Gasteiger partial charge in [-0.25, -0.2) is 0 Å². The van der Waals surface area contributed by atoms with E-state index in [-0.39, 0.29) is 11.4 Å². The third kappa shape index (κ3) is 4.01. The third-order valence-corrected chi connectivity index (χ3v) is 4.68. The van der Waals surface area contributed by atoms with Crippen molar-refractivity contribution in [3.8, 4) is 5.75 Å². The summed E-state index contributed by atoms with van der Waals surface area (Å²) in [7, 11) is 5.62. The first-order chi connectivity index (χ1) is 9.74. The van der Waals surface area contributed by atoms with Gasteiger partial charge in [0.2, 0.25) is 0 Å². The van der Waals surface area contributed by atoms with Crippen molar-refractivity contribution < 1.29 is 9.53 Å². The van der Waals surface area contributed by atoms with Gasteiger partial charge in [-0.3, -0.25) is 4.79 Å². The molecule has 0 spiro atoms. The SMILES string of the molecule is CCNC(=O)c1sc(NCC(C)(C)N(C)C)c(OC)c1N. The van der Waals surface area contributed by atoms with E-state index in [9.17, 15) is 4.79 Å². The van der Waals surface area contributed by atoms with Crippen molar-refractivity contribution >= 4 is 27.9 Å². The summed E-state index contributed by atoms with van der Waals surface area (Å²) >= 11 is 1.32. The van der Waals surface area contributed by atoms with Crippen LogP contribution in [-0.2, 0) is 0 Å². The van der Waals surface area contributed by atoms with Crippen molar-refractivity contribution in [1.82, 2.24) is 10.2 Å². The van der Waals surface area contributed by atoms with Crippen LogP contribution in [0.1, 0.15) is 30.4 Å². The minimum absolute atomic E-state index is 0.0321. The lowest BCUT2D eigenvalue weighted by atomic mass is 10.0. The number of ether oxygens (including phenoxy) is 1. The van der Waals surface area contributed by atoms with E-state index in [0.717, 1.165) is 5.00 Å². The highest BCUT2D eigenvalue weighted by atomic mass is 32.1. The summed E-state index contributed by atoms with van der Waals surface area (Å²) in [5, 5.41) is 6.88. The standard InChI is InChI=1S/C14H26N4O2S/c1-7-16-12(19)11-9(15)10(20-6)13(21-11)17-8-14(2,3)18(4)5/h17H,7-8,15H2,1-6H3,(H,16,19). The summed E-state index contributed by atoms with van der Waals surface area (Å²) in [6.07, 6.45) is 0. The zero-order chi connectivity index (χ0) is 16.2. The second-order valence-electron chi connectivity index (χ2n) is 5.63. The third-order valence-electron chi connectivity index (χ3n) is 3.54. The van der Waals surface area contributed by atoms with Gasteiger partial charge < -0.3 is 26.0 Å². The number of nitrogens with two attached hydrogens (primary N) is 1. The summed E-state index contributed by atoms with van der Waals surface area (Å²) in [5.74, 6) is 0.369. The zero-order valence-corrected chi connectivity index (χ0v) is 14.5. The molecular formula is C14H26N4O2S. The Morgan fingerprint density at radius 3 is 2.52 bits per heavy atom. The molecule has 0 saturated heterocycles. The molecule has 1 heterocycles. The van der Waals surface area contributed by atoms with Gasteiger partial charge in [0, 0.05) is 18.6 Å². The van der Waals surface area contributed by atoms with Crippen LogP contribution in [0.4, 0.5) is 10.7 Å². The first-order valence-corrected chi connectivity index (χ1v) is 7.72. The van der Waals surface area contributed by atoms with E-state index in [2.05, 4.69) is 29.4 Å². The monoisotopic (exact) mass is 314 g/mol. The fourth-order valence-electron chi connectivity index (χ4n) is 1.61. The number of nitrogen functional groups attached to an aromatic ring is 1. The van der Waals surface area contributed by atoms with Gasteiger partial charge in [-0.05, 0) is 34.9 Å². The maximum absolute atomic E-state index is 12.0. The molecule has 7 heteroatoms. The Morgan fingerprint density at radius 2 is 2.05 bits per heavy atom. The van der Waals surface area contributed by atoms with Crippen molar-refractivity contribution in [2.24, 2.45) is 0 Å². The van der Waals surface area contributed by atoms with E-state index in [4.69, 9.17) is 10.5 Å². The molecule has 0 aliphatic heterocycles. The van der Waals surface area contributed by atoms with Crippen molar-refractivity contribution in [3.05, 3.63) is 4.88 Å². The number of nitrogens with one attached hydrogen (secondary N) is 2. The Morgan fingerprint density at radius 1 is 1.43 bits per heavy atom. The van der Waals surface area contributed by atoms with Crippen molar-refractivity contribution in [3.63, 3.8) is 0 Å². The van der Waals surface area contributed by atoms with Gasteiger partial charge in [0.05, 0.1) is 7.11 Å². The molecule has 0 bridgehead atoms. The number of hydrogen-bond donors (Lipinski definition) is 3. The highest BCUT2D eigenvalue weighted by Crippen LogP contribution is 2.42. The van der Waals surface area contributed by atoms with Crippen LogP contribution in [0.3, 0.4) is 0 Å². The molecule has 1 amide bonds. The van der Waals surface area contributed by atoms with Gasteiger partial charge in [-0.1, -0.05) is 0 Å². The molecule has 0 aliphatic carbocycles. The first kappa shape index (κ1) is 17.6. The number of methoxy groups -OCH3 is 1. The summed E-state index contributed by atoms with van der Waals surface area (Å²) in [5.41, 5.74) is 6.37. The molecule has 0 atom stereocenters. The number of carbonyl (C=O) groups is 1. The molecule has 0 radical (unpaired) electrons. The predicted molar refractivity (Wildman–Crippen MR) is 89.5 cm³/mol. The number of carbonyl (C=O) groups excluding carboxylic acids is 1. The zero-order valence-electron chi connectivity index (χ0n) is 13.7. The number of amides is 1. The molecule has 21 heavy (non-hydrogen) atoms. The quantitative estimate of drug-likeness (QED) is 0.715. The normalized spacial score (nSPS) is 11.6. The summed E-state index contributed by atoms with van der Waals surface area (Å²) < 4.78 is 5.34. The summed E-state index contributed by atoms with van der Waals surface area (Å²) in [6.45, 7) is 7.42. The van der Waals surface area contributed by atoms with Gasteiger partial charge in [-0.2, -0.15) is 0 Å². The van der Waals surface area contributed by atoms with E-state index in [1.807, 2.05) is 21.0 Å². The van der Waals surface area contributed by atoms with Crippen LogP contribution in [0.2, 0.25) is 0 Å². The first-order valence-electron chi connectivity index (χ1n) is 6.90. The van der Waals surface area contributed by atoms with Gasteiger partial charge in [-0.15, -0.1) is 11.3 Å². The Hall–Kier alpha value is -1.47. The largest absolute Gasteiger partial charge is 0.492 e. The molecule has 6 nitrogen and oxygen atoms in total. The van der Waals surface area contributed by atoms with Crippen LogP contribution in [-0.4, -0.2) is 50.6 Å². The van der Waals surface area contributed by atoms with Crippen LogP contribution in [0.15, 0.2) is 0 Å². The number of hydrogen-bond acceptors (Lipinski definition) is 6. The minimum Gasteiger partial charge on any atom is -0.492 e. The van der Waals surface area contributed by atoms with E-state index in [1.165, 1.54) is 11.3 Å². The van der Waals surface area contributed by atoms with Crippen LogP contribution in [0.25, 0.3) is 0 Å². The molecule has 4 N–H and O–H groups in total. The maximum atomic E-state index is 12.0. The topological polar surface area (TPSA) is 79.6 Å². The molecule has 1 rings (SSSR count). The van der Waals surface area contributed by atoms with E-state index in [0.29, 0.717) is 29.4 Å². The van der Waals surface area contributed by atoms with E-state index in [1.54, 1.807) is 7.11 Å². The average Bonchev–Trinajstić information content (AvgIpc) is 2.73. The Kier molecular flexibility index (Phi) is 5.86. The van der Waals surface area contributed by atoms with Crippen LogP contribution >= 0.6 is 11.3 Å². The number of anilines is 2. The average molecular weight is 314 g/mol. The van der Waals surface area contributed by atoms with Crippen LogP contribution in [0.5, 0.6) is 5.75 Å². The lowest BCUT2D eigenvalue weighted by Crippen LogP contribution is -2.44. The van der Waals surface area contributed by atoms with E-state index < -0.39 is 0 Å². The Labute approximate surface area is 130 Å². The Bertz CT molecular complexity index is 497. The fourth-order valence-corrected chi connectivity index (χ4v) is 2.61.